The molecule has 1 aliphatic rings. The maximum absolute atomic E-state index is 5.90. The first-order valence-electron chi connectivity index (χ1n) is 8.68. The van der Waals surface area contributed by atoms with Crippen LogP contribution < -0.4 is 5.32 Å². The summed E-state index contributed by atoms with van der Waals surface area (Å²) < 4.78 is 7.71. The number of hydrogen-bond acceptors (Lipinski definition) is 5. The molecule has 0 bridgehead atoms. The Kier molecular flexibility index (Phi) is 8.29. The fraction of sp³-hybridized carbons (Fsp3) is 0.588. The van der Waals surface area contributed by atoms with Crippen LogP contribution in [0.15, 0.2) is 22.8 Å². The molecule has 0 aliphatic carbocycles. The molecule has 0 aromatic carbocycles. The Hall–Kier alpha value is -1.20. The summed E-state index contributed by atoms with van der Waals surface area (Å²) in [5, 5.41) is 11.0. The number of ether oxygens (including phenoxy) is 1. The third kappa shape index (κ3) is 5.40. The molecule has 3 rings (SSSR count). The van der Waals surface area contributed by atoms with Crippen LogP contribution in [0.25, 0.3) is 0 Å². The molecule has 1 aliphatic heterocycles. The van der Waals surface area contributed by atoms with E-state index in [-0.39, 0.29) is 30.1 Å². The molecule has 2 aromatic rings. The van der Waals surface area contributed by atoms with Gasteiger partial charge in [-0.2, -0.15) is 5.10 Å². The number of guanidine groups is 1. The van der Waals surface area contributed by atoms with Crippen LogP contribution >= 0.6 is 35.3 Å². The van der Waals surface area contributed by atoms with Crippen LogP contribution in [0.2, 0.25) is 0 Å². The number of aryl methyl sites for hydroxylation is 2. The van der Waals surface area contributed by atoms with Crippen molar-refractivity contribution in [2.75, 3.05) is 33.3 Å². The maximum atomic E-state index is 5.90. The number of rotatable bonds is 5. The van der Waals surface area contributed by atoms with Gasteiger partial charge in [-0.3, -0.25) is 9.67 Å². The molecular weight excluding hydrogens is 463 g/mol. The molecule has 0 spiro atoms. The van der Waals surface area contributed by atoms with E-state index in [1.54, 1.807) is 11.3 Å². The molecule has 1 fully saturated rings. The summed E-state index contributed by atoms with van der Waals surface area (Å²) in [5.74, 6) is 0.920. The maximum Gasteiger partial charge on any atom is 0.193 e. The molecule has 144 valence electrons. The zero-order valence-electron chi connectivity index (χ0n) is 15.5. The lowest BCUT2D eigenvalue weighted by molar-refractivity contribution is -0.00801. The summed E-state index contributed by atoms with van der Waals surface area (Å²) in [4.78, 5) is 11.3. The minimum atomic E-state index is 0. The number of aliphatic imine (C=N–C) groups is 1. The Morgan fingerprint density at radius 1 is 1.50 bits per heavy atom. The molecule has 3 heterocycles. The number of nitrogens with one attached hydrogen (secondary N) is 1. The number of hydrogen-bond donors (Lipinski definition) is 1. The van der Waals surface area contributed by atoms with E-state index in [0.717, 1.165) is 49.7 Å². The highest BCUT2D eigenvalue weighted by Gasteiger charge is 2.25. The fourth-order valence-corrected chi connectivity index (χ4v) is 3.69. The SMILES string of the molecule is CCc1nc(CCNC(=NC)N2CCOC(c3cnn(C)c3)C2)cs1.I. The van der Waals surface area contributed by atoms with Gasteiger partial charge in [-0.25, -0.2) is 4.98 Å². The molecule has 1 saturated heterocycles. The Bertz CT molecular complexity index is 716. The summed E-state index contributed by atoms with van der Waals surface area (Å²) in [6, 6.07) is 0. The van der Waals surface area contributed by atoms with Crippen molar-refractivity contribution >= 4 is 41.3 Å². The van der Waals surface area contributed by atoms with Crippen LogP contribution in [0.3, 0.4) is 0 Å². The van der Waals surface area contributed by atoms with E-state index in [4.69, 9.17) is 4.74 Å². The molecular formula is C17H27IN6OS. The van der Waals surface area contributed by atoms with Crippen molar-refractivity contribution < 1.29 is 4.74 Å². The van der Waals surface area contributed by atoms with E-state index in [2.05, 4.69) is 37.6 Å². The lowest BCUT2D eigenvalue weighted by Crippen LogP contribution is -2.48. The van der Waals surface area contributed by atoms with Gasteiger partial charge < -0.3 is 15.0 Å². The van der Waals surface area contributed by atoms with Crippen molar-refractivity contribution in [3.63, 3.8) is 0 Å². The van der Waals surface area contributed by atoms with Crippen LogP contribution in [-0.4, -0.2) is 58.9 Å². The van der Waals surface area contributed by atoms with Crippen molar-refractivity contribution in [1.29, 1.82) is 0 Å². The second kappa shape index (κ2) is 10.2. The molecule has 2 aromatic heterocycles. The van der Waals surface area contributed by atoms with Crippen LogP contribution in [0, 0.1) is 0 Å². The zero-order chi connectivity index (χ0) is 17.6. The van der Waals surface area contributed by atoms with Crippen molar-refractivity contribution in [2.24, 2.45) is 12.0 Å². The van der Waals surface area contributed by atoms with Gasteiger partial charge >= 0.3 is 0 Å². The lowest BCUT2D eigenvalue weighted by atomic mass is 10.1. The zero-order valence-corrected chi connectivity index (χ0v) is 18.7. The quantitative estimate of drug-likeness (QED) is 0.396. The van der Waals surface area contributed by atoms with E-state index in [1.165, 1.54) is 5.01 Å². The molecule has 1 atom stereocenters. The molecule has 0 amide bonds. The molecule has 9 heteroatoms. The van der Waals surface area contributed by atoms with Gasteiger partial charge in [-0.15, -0.1) is 35.3 Å². The normalized spacial score (nSPS) is 17.9. The van der Waals surface area contributed by atoms with Gasteiger partial charge in [-0.1, -0.05) is 6.92 Å². The van der Waals surface area contributed by atoms with Gasteiger partial charge in [0.25, 0.3) is 0 Å². The van der Waals surface area contributed by atoms with Gasteiger partial charge in [0.05, 0.1) is 30.1 Å². The lowest BCUT2D eigenvalue weighted by Gasteiger charge is -2.34. The number of morpholine rings is 1. The predicted molar refractivity (Wildman–Crippen MR) is 115 cm³/mol. The largest absolute Gasteiger partial charge is 0.370 e. The van der Waals surface area contributed by atoms with Crippen molar-refractivity contribution in [1.82, 2.24) is 25.0 Å². The summed E-state index contributed by atoms with van der Waals surface area (Å²) in [7, 11) is 3.75. The van der Waals surface area contributed by atoms with Crippen molar-refractivity contribution in [3.8, 4) is 0 Å². The Morgan fingerprint density at radius 3 is 3.00 bits per heavy atom. The van der Waals surface area contributed by atoms with E-state index >= 15 is 0 Å². The highest BCUT2D eigenvalue weighted by Crippen LogP contribution is 2.21. The minimum Gasteiger partial charge on any atom is -0.370 e. The van der Waals surface area contributed by atoms with Gasteiger partial charge in [0.2, 0.25) is 0 Å². The van der Waals surface area contributed by atoms with E-state index in [0.29, 0.717) is 6.61 Å². The predicted octanol–water partition coefficient (Wildman–Crippen LogP) is 2.25. The smallest absolute Gasteiger partial charge is 0.193 e. The average molecular weight is 490 g/mol. The van der Waals surface area contributed by atoms with Gasteiger partial charge in [0, 0.05) is 50.7 Å². The van der Waals surface area contributed by atoms with Crippen molar-refractivity contribution in [2.45, 2.75) is 25.9 Å². The summed E-state index contributed by atoms with van der Waals surface area (Å²) in [6.45, 7) is 5.27. The van der Waals surface area contributed by atoms with Crippen LogP contribution in [0.4, 0.5) is 0 Å². The third-order valence-electron chi connectivity index (χ3n) is 4.24. The Labute approximate surface area is 175 Å². The number of halogens is 1. The highest BCUT2D eigenvalue weighted by molar-refractivity contribution is 14.0. The second-order valence-corrected chi connectivity index (χ2v) is 7.01. The number of thiazole rings is 1. The molecule has 7 nitrogen and oxygen atoms in total. The molecule has 0 radical (unpaired) electrons. The van der Waals surface area contributed by atoms with Gasteiger partial charge in [0.1, 0.15) is 6.10 Å². The number of aromatic nitrogens is 3. The summed E-state index contributed by atoms with van der Waals surface area (Å²) in [6.07, 6.45) is 5.83. The van der Waals surface area contributed by atoms with Crippen LogP contribution in [0.5, 0.6) is 0 Å². The second-order valence-electron chi connectivity index (χ2n) is 6.06. The minimum absolute atomic E-state index is 0. The first-order valence-corrected chi connectivity index (χ1v) is 9.56. The van der Waals surface area contributed by atoms with Crippen molar-refractivity contribution in [3.05, 3.63) is 34.0 Å². The Morgan fingerprint density at radius 2 is 2.35 bits per heavy atom. The summed E-state index contributed by atoms with van der Waals surface area (Å²) >= 11 is 1.74. The standard InChI is InChI=1S/C17H26N6OS.HI/c1-4-16-21-14(12-25-16)5-6-19-17(18-2)23-7-8-24-15(11-23)13-9-20-22(3)10-13;/h9-10,12,15H,4-8,11H2,1-3H3,(H,18,19);1H. The monoisotopic (exact) mass is 490 g/mol. The van der Waals surface area contributed by atoms with Crippen LogP contribution in [0.1, 0.15) is 29.3 Å². The van der Waals surface area contributed by atoms with E-state index < -0.39 is 0 Å². The third-order valence-corrected chi connectivity index (χ3v) is 5.28. The summed E-state index contributed by atoms with van der Waals surface area (Å²) in [5.41, 5.74) is 2.26. The van der Waals surface area contributed by atoms with E-state index in [9.17, 15) is 0 Å². The topological polar surface area (TPSA) is 67.6 Å². The number of nitrogens with zero attached hydrogens (tertiary/aromatic N) is 5. The Balaban J connectivity index is 0.00000243. The van der Waals surface area contributed by atoms with Gasteiger partial charge in [-0.05, 0) is 6.42 Å². The molecule has 1 N–H and O–H groups in total. The first-order chi connectivity index (χ1) is 12.2. The van der Waals surface area contributed by atoms with Crippen LogP contribution in [-0.2, 0) is 24.6 Å². The van der Waals surface area contributed by atoms with Gasteiger partial charge in [0.15, 0.2) is 5.96 Å². The fourth-order valence-electron chi connectivity index (χ4n) is 2.91. The average Bonchev–Trinajstić information content (AvgIpc) is 3.27. The molecule has 0 saturated carbocycles. The highest BCUT2D eigenvalue weighted by atomic mass is 127. The van der Waals surface area contributed by atoms with E-state index in [1.807, 2.05) is 31.2 Å². The molecule has 26 heavy (non-hydrogen) atoms. The first kappa shape index (κ1) is 21.1. The molecule has 1 unspecified atom stereocenters.